The first-order valence-corrected chi connectivity index (χ1v) is 8.20. The molecule has 0 aromatic heterocycles. The summed E-state index contributed by atoms with van der Waals surface area (Å²) in [4.78, 5) is 0. The average molecular weight is 328 g/mol. The molecule has 0 aliphatic heterocycles. The molecular weight excluding hydrogens is 305 g/mol. The van der Waals surface area contributed by atoms with Gasteiger partial charge in [-0.2, -0.15) is 0 Å². The van der Waals surface area contributed by atoms with Gasteiger partial charge in [-0.25, -0.2) is 4.39 Å². The molecule has 1 atom stereocenters. The standard InChI is InChI=1S/C16H23BrFN/c1-2-19-16(12-8-5-3-4-6-9-12)13-10-7-11-14(17)15(13)18/h7,10-12,16,19H,2-6,8-9H2,1H3. The Hall–Kier alpha value is -0.410. The molecule has 19 heavy (non-hydrogen) atoms. The van der Waals surface area contributed by atoms with Gasteiger partial charge in [0.25, 0.3) is 0 Å². The molecule has 1 aliphatic carbocycles. The fourth-order valence-corrected chi connectivity index (χ4v) is 3.54. The Morgan fingerprint density at radius 3 is 2.58 bits per heavy atom. The van der Waals surface area contributed by atoms with Crippen molar-refractivity contribution in [3.8, 4) is 0 Å². The van der Waals surface area contributed by atoms with Gasteiger partial charge in [0, 0.05) is 11.6 Å². The fraction of sp³-hybridized carbons (Fsp3) is 0.625. The summed E-state index contributed by atoms with van der Waals surface area (Å²) < 4.78 is 14.9. The Morgan fingerprint density at radius 1 is 1.26 bits per heavy atom. The molecule has 1 fully saturated rings. The molecule has 106 valence electrons. The number of rotatable bonds is 4. The molecule has 1 aromatic rings. The van der Waals surface area contributed by atoms with Gasteiger partial charge in [-0.3, -0.25) is 0 Å². The van der Waals surface area contributed by atoms with Crippen molar-refractivity contribution in [1.82, 2.24) is 5.32 Å². The van der Waals surface area contributed by atoms with Crippen molar-refractivity contribution >= 4 is 15.9 Å². The molecule has 0 heterocycles. The highest BCUT2D eigenvalue weighted by atomic mass is 79.9. The lowest BCUT2D eigenvalue weighted by atomic mass is 9.87. The van der Waals surface area contributed by atoms with E-state index in [0.717, 1.165) is 12.1 Å². The zero-order valence-electron chi connectivity index (χ0n) is 11.6. The predicted molar refractivity (Wildman–Crippen MR) is 81.7 cm³/mol. The van der Waals surface area contributed by atoms with E-state index in [1.54, 1.807) is 6.07 Å². The number of hydrogen-bond donors (Lipinski definition) is 1. The molecule has 1 aliphatic rings. The van der Waals surface area contributed by atoms with Gasteiger partial charge in [0.2, 0.25) is 0 Å². The van der Waals surface area contributed by atoms with Crippen molar-refractivity contribution in [3.63, 3.8) is 0 Å². The zero-order valence-corrected chi connectivity index (χ0v) is 13.2. The quantitative estimate of drug-likeness (QED) is 0.748. The van der Waals surface area contributed by atoms with Crippen molar-refractivity contribution in [2.45, 2.75) is 51.5 Å². The highest BCUT2D eigenvalue weighted by molar-refractivity contribution is 9.10. The molecule has 0 amide bonds. The lowest BCUT2D eigenvalue weighted by molar-refractivity contribution is 0.322. The average Bonchev–Trinajstić information content (AvgIpc) is 2.68. The molecule has 0 bridgehead atoms. The zero-order chi connectivity index (χ0) is 13.7. The minimum absolute atomic E-state index is 0.0994. The third-order valence-electron chi connectivity index (χ3n) is 4.11. The second-order valence-electron chi connectivity index (χ2n) is 5.43. The van der Waals surface area contributed by atoms with Crippen molar-refractivity contribution in [2.24, 2.45) is 5.92 Å². The van der Waals surface area contributed by atoms with Gasteiger partial charge in [0.15, 0.2) is 0 Å². The first kappa shape index (κ1) is 15.0. The van der Waals surface area contributed by atoms with E-state index in [-0.39, 0.29) is 11.9 Å². The van der Waals surface area contributed by atoms with Gasteiger partial charge in [0.1, 0.15) is 5.82 Å². The molecule has 0 spiro atoms. The van der Waals surface area contributed by atoms with Crippen LogP contribution in [0, 0.1) is 11.7 Å². The van der Waals surface area contributed by atoms with Crippen LogP contribution in [-0.2, 0) is 0 Å². The van der Waals surface area contributed by atoms with Crippen LogP contribution < -0.4 is 5.32 Å². The van der Waals surface area contributed by atoms with E-state index in [1.807, 2.05) is 12.1 Å². The van der Waals surface area contributed by atoms with Crippen LogP contribution in [-0.4, -0.2) is 6.54 Å². The Kier molecular flexibility index (Phi) is 5.83. The largest absolute Gasteiger partial charge is 0.310 e. The van der Waals surface area contributed by atoms with Gasteiger partial charge in [-0.1, -0.05) is 44.7 Å². The number of hydrogen-bond acceptors (Lipinski definition) is 1. The van der Waals surface area contributed by atoms with E-state index in [4.69, 9.17) is 0 Å². The monoisotopic (exact) mass is 327 g/mol. The molecule has 0 radical (unpaired) electrons. The topological polar surface area (TPSA) is 12.0 Å². The number of halogens is 2. The van der Waals surface area contributed by atoms with Crippen LogP contribution >= 0.6 is 15.9 Å². The van der Waals surface area contributed by atoms with E-state index in [0.29, 0.717) is 10.4 Å². The Bertz CT molecular complexity index is 400. The summed E-state index contributed by atoms with van der Waals surface area (Å²) in [7, 11) is 0. The van der Waals surface area contributed by atoms with Gasteiger partial charge < -0.3 is 5.32 Å². The van der Waals surface area contributed by atoms with Crippen molar-refractivity contribution in [1.29, 1.82) is 0 Å². The Labute approximate surface area is 124 Å². The summed E-state index contributed by atoms with van der Waals surface area (Å²) in [5.41, 5.74) is 0.822. The Balaban J connectivity index is 2.25. The van der Waals surface area contributed by atoms with Crippen LogP contribution in [0.15, 0.2) is 22.7 Å². The van der Waals surface area contributed by atoms with Crippen LogP contribution in [0.25, 0.3) is 0 Å². The van der Waals surface area contributed by atoms with Crippen molar-refractivity contribution in [3.05, 3.63) is 34.1 Å². The molecule has 0 saturated heterocycles. The van der Waals surface area contributed by atoms with Crippen LogP contribution in [0.1, 0.15) is 57.1 Å². The molecule has 1 unspecified atom stereocenters. The lowest BCUT2D eigenvalue weighted by Gasteiger charge is -2.28. The summed E-state index contributed by atoms with van der Waals surface area (Å²) in [6, 6.07) is 5.79. The number of benzene rings is 1. The molecule has 1 saturated carbocycles. The normalized spacial score (nSPS) is 19.1. The number of nitrogens with one attached hydrogen (secondary N) is 1. The summed E-state index contributed by atoms with van der Waals surface area (Å²) in [6.45, 7) is 2.98. The van der Waals surface area contributed by atoms with Crippen molar-refractivity contribution in [2.75, 3.05) is 6.54 Å². The van der Waals surface area contributed by atoms with Gasteiger partial charge >= 0.3 is 0 Å². The molecular formula is C16H23BrFN. The molecule has 1 aromatic carbocycles. The third kappa shape index (κ3) is 3.79. The highest BCUT2D eigenvalue weighted by Gasteiger charge is 2.26. The van der Waals surface area contributed by atoms with Crippen LogP contribution in [0.5, 0.6) is 0 Å². The second-order valence-corrected chi connectivity index (χ2v) is 6.28. The molecule has 1 nitrogen and oxygen atoms in total. The summed E-state index contributed by atoms with van der Waals surface area (Å²) >= 11 is 3.30. The summed E-state index contributed by atoms with van der Waals surface area (Å²) in [6.07, 6.45) is 7.64. The van der Waals surface area contributed by atoms with Crippen molar-refractivity contribution < 1.29 is 4.39 Å². The first-order chi connectivity index (χ1) is 9.24. The molecule has 3 heteroatoms. The van der Waals surface area contributed by atoms with Gasteiger partial charge in [-0.05, 0) is 47.3 Å². The predicted octanol–water partition coefficient (Wildman–Crippen LogP) is 5.21. The van der Waals surface area contributed by atoms with E-state index in [2.05, 4.69) is 28.2 Å². The fourth-order valence-electron chi connectivity index (χ4n) is 3.16. The summed E-state index contributed by atoms with van der Waals surface area (Å²) in [5, 5.41) is 3.50. The Morgan fingerprint density at radius 2 is 1.95 bits per heavy atom. The van der Waals surface area contributed by atoms with E-state index in [9.17, 15) is 4.39 Å². The molecule has 1 N–H and O–H groups in total. The summed E-state index contributed by atoms with van der Waals surface area (Å²) in [5.74, 6) is 0.462. The van der Waals surface area contributed by atoms with E-state index < -0.39 is 0 Å². The van der Waals surface area contributed by atoms with E-state index in [1.165, 1.54) is 38.5 Å². The van der Waals surface area contributed by atoms with Crippen LogP contribution in [0.4, 0.5) is 4.39 Å². The van der Waals surface area contributed by atoms with E-state index >= 15 is 0 Å². The third-order valence-corrected chi connectivity index (χ3v) is 4.72. The maximum absolute atomic E-state index is 14.3. The maximum Gasteiger partial charge on any atom is 0.142 e. The van der Waals surface area contributed by atoms with Crippen LogP contribution in [0.3, 0.4) is 0 Å². The van der Waals surface area contributed by atoms with Crippen LogP contribution in [0.2, 0.25) is 0 Å². The van der Waals surface area contributed by atoms with Gasteiger partial charge in [0.05, 0.1) is 4.47 Å². The molecule has 2 rings (SSSR count). The minimum atomic E-state index is -0.0994. The first-order valence-electron chi connectivity index (χ1n) is 7.41. The SMILES string of the molecule is CCNC(c1cccc(Br)c1F)C1CCCCCC1. The van der Waals surface area contributed by atoms with Gasteiger partial charge in [-0.15, -0.1) is 0 Å². The lowest BCUT2D eigenvalue weighted by Crippen LogP contribution is -2.29. The maximum atomic E-state index is 14.3. The minimum Gasteiger partial charge on any atom is -0.310 e. The second kappa shape index (κ2) is 7.39. The smallest absolute Gasteiger partial charge is 0.142 e. The highest BCUT2D eigenvalue weighted by Crippen LogP contribution is 2.35.